The van der Waals surface area contributed by atoms with Crippen LogP contribution >= 0.6 is 11.6 Å². The number of carbonyl (C=O) groups is 1. The lowest BCUT2D eigenvalue weighted by Crippen LogP contribution is -2.13. The molecule has 5 nitrogen and oxygen atoms in total. The van der Waals surface area contributed by atoms with Crippen molar-refractivity contribution >= 4 is 23.3 Å². The number of amides is 1. The molecule has 0 saturated carbocycles. The van der Waals surface area contributed by atoms with E-state index in [2.05, 4.69) is 16.4 Å². The van der Waals surface area contributed by atoms with Gasteiger partial charge in [0.2, 0.25) is 0 Å². The van der Waals surface area contributed by atoms with E-state index < -0.39 is 0 Å². The summed E-state index contributed by atoms with van der Waals surface area (Å²) in [5.41, 5.74) is 1.75. The molecule has 0 aliphatic carbocycles. The fourth-order valence-electron chi connectivity index (χ4n) is 2.30. The summed E-state index contributed by atoms with van der Waals surface area (Å²) in [5, 5.41) is 12.5. The zero-order valence-corrected chi connectivity index (χ0v) is 13.4. The fraction of sp³-hybridized carbons (Fsp3) is 0.0556. The van der Waals surface area contributed by atoms with Gasteiger partial charge in [-0.2, -0.15) is 5.26 Å². The highest BCUT2D eigenvalue weighted by Crippen LogP contribution is 2.17. The zero-order valence-electron chi connectivity index (χ0n) is 12.6. The van der Waals surface area contributed by atoms with Crippen LogP contribution in [-0.4, -0.2) is 15.5 Å². The Kier molecular flexibility index (Phi) is 4.59. The van der Waals surface area contributed by atoms with Crippen molar-refractivity contribution in [1.82, 2.24) is 9.55 Å². The van der Waals surface area contributed by atoms with Gasteiger partial charge in [-0.25, -0.2) is 4.98 Å². The maximum Gasteiger partial charge on any atom is 0.256 e. The molecule has 0 saturated heterocycles. The van der Waals surface area contributed by atoms with E-state index in [0.717, 1.165) is 5.56 Å². The van der Waals surface area contributed by atoms with Gasteiger partial charge in [0.25, 0.3) is 5.91 Å². The Morgan fingerprint density at radius 3 is 2.71 bits per heavy atom. The molecule has 3 aromatic rings. The third-order valence-corrected chi connectivity index (χ3v) is 3.69. The first-order valence-corrected chi connectivity index (χ1v) is 7.61. The van der Waals surface area contributed by atoms with Crippen LogP contribution in [0.15, 0.2) is 60.9 Å². The van der Waals surface area contributed by atoms with Crippen molar-refractivity contribution in [1.29, 1.82) is 5.26 Å². The number of hydrogen-bond acceptors (Lipinski definition) is 3. The highest BCUT2D eigenvalue weighted by Gasteiger charge is 2.15. The highest BCUT2D eigenvalue weighted by molar-refractivity contribution is 6.31. The molecule has 0 aliphatic heterocycles. The Labute approximate surface area is 144 Å². The number of nitrogens with one attached hydrogen (secondary N) is 1. The van der Waals surface area contributed by atoms with Crippen LogP contribution < -0.4 is 5.32 Å². The fourth-order valence-corrected chi connectivity index (χ4v) is 2.49. The van der Waals surface area contributed by atoms with Crippen molar-refractivity contribution < 1.29 is 4.79 Å². The molecule has 2 aromatic carbocycles. The lowest BCUT2D eigenvalue weighted by Gasteiger charge is -2.06. The lowest BCUT2D eigenvalue weighted by atomic mass is 10.2. The number of nitriles is 1. The lowest BCUT2D eigenvalue weighted by molar-refractivity contribution is 0.102. The summed E-state index contributed by atoms with van der Waals surface area (Å²) in [6.45, 7) is 0.504. The highest BCUT2D eigenvalue weighted by atomic mass is 35.5. The largest absolute Gasteiger partial charge is 0.316 e. The molecule has 0 radical (unpaired) electrons. The minimum atomic E-state index is -0.362. The molecule has 0 bridgehead atoms. The Morgan fingerprint density at radius 1 is 1.21 bits per heavy atom. The van der Waals surface area contributed by atoms with Crippen molar-refractivity contribution in [3.05, 3.63) is 82.8 Å². The van der Waals surface area contributed by atoms with Crippen molar-refractivity contribution in [2.45, 2.75) is 6.54 Å². The van der Waals surface area contributed by atoms with Crippen LogP contribution in [0.1, 0.15) is 21.6 Å². The monoisotopic (exact) mass is 336 g/mol. The Hall–Kier alpha value is -3.10. The summed E-state index contributed by atoms with van der Waals surface area (Å²) < 4.78 is 1.70. The van der Waals surface area contributed by atoms with Crippen LogP contribution in [-0.2, 0) is 6.54 Å². The van der Waals surface area contributed by atoms with Gasteiger partial charge in [0.1, 0.15) is 6.07 Å². The minimum absolute atomic E-state index is 0.235. The average Bonchev–Trinajstić information content (AvgIpc) is 2.97. The molecule has 0 fully saturated rings. The van der Waals surface area contributed by atoms with Crippen LogP contribution in [0.25, 0.3) is 0 Å². The smallest absolute Gasteiger partial charge is 0.256 e. The molecule has 0 spiro atoms. The number of halogens is 1. The maximum atomic E-state index is 12.3. The van der Waals surface area contributed by atoms with Crippen molar-refractivity contribution in [2.75, 3.05) is 5.32 Å². The number of hydrogen-bond donors (Lipinski definition) is 1. The summed E-state index contributed by atoms with van der Waals surface area (Å²) in [7, 11) is 0. The van der Waals surface area contributed by atoms with Crippen LogP contribution in [0.4, 0.5) is 5.82 Å². The van der Waals surface area contributed by atoms with E-state index in [1.54, 1.807) is 35.2 Å². The standard InChI is InChI=1S/C18H13ClN4O/c19-15-8-4-7-14(9-15)18(24)22-17-16(10-20)23(12-21-17)11-13-5-2-1-3-6-13/h1-9,12H,11H2,(H,22,24). The molecular weight excluding hydrogens is 324 g/mol. The van der Waals surface area contributed by atoms with Gasteiger partial charge in [-0.05, 0) is 23.8 Å². The van der Waals surface area contributed by atoms with Gasteiger partial charge in [0, 0.05) is 17.1 Å². The van der Waals surface area contributed by atoms with Crippen LogP contribution in [0.2, 0.25) is 5.02 Å². The van der Waals surface area contributed by atoms with E-state index in [0.29, 0.717) is 22.8 Å². The molecule has 118 valence electrons. The first kappa shape index (κ1) is 15.8. The van der Waals surface area contributed by atoms with Gasteiger partial charge in [-0.15, -0.1) is 0 Å². The minimum Gasteiger partial charge on any atom is -0.316 e. The zero-order chi connectivity index (χ0) is 16.9. The number of anilines is 1. The topological polar surface area (TPSA) is 70.7 Å². The van der Waals surface area contributed by atoms with Gasteiger partial charge in [0.05, 0.1) is 6.33 Å². The predicted molar refractivity (Wildman–Crippen MR) is 91.9 cm³/mol. The molecule has 24 heavy (non-hydrogen) atoms. The van der Waals surface area contributed by atoms with E-state index in [1.807, 2.05) is 30.3 Å². The van der Waals surface area contributed by atoms with Gasteiger partial charge in [-0.1, -0.05) is 48.0 Å². The Bertz CT molecular complexity index is 912. The number of imidazole rings is 1. The number of rotatable bonds is 4. The van der Waals surface area contributed by atoms with Crippen LogP contribution in [0.5, 0.6) is 0 Å². The Morgan fingerprint density at radius 2 is 2.00 bits per heavy atom. The summed E-state index contributed by atoms with van der Waals surface area (Å²) in [6, 6.07) is 18.4. The molecule has 1 heterocycles. The molecule has 1 amide bonds. The van der Waals surface area contributed by atoms with E-state index in [9.17, 15) is 10.1 Å². The van der Waals surface area contributed by atoms with Gasteiger partial charge >= 0.3 is 0 Å². The summed E-state index contributed by atoms with van der Waals surface area (Å²) >= 11 is 5.89. The Balaban J connectivity index is 1.82. The quantitative estimate of drug-likeness (QED) is 0.789. The predicted octanol–water partition coefficient (Wildman–Crippen LogP) is 3.71. The summed E-state index contributed by atoms with van der Waals surface area (Å²) in [6.07, 6.45) is 1.54. The molecular formula is C18H13ClN4O. The number of aromatic nitrogens is 2. The molecule has 3 rings (SSSR count). The number of carbonyl (C=O) groups excluding carboxylic acids is 1. The molecule has 1 aromatic heterocycles. The van der Waals surface area contributed by atoms with E-state index in [4.69, 9.17) is 11.6 Å². The van der Waals surface area contributed by atoms with E-state index in [-0.39, 0.29) is 11.7 Å². The number of benzene rings is 2. The first-order valence-electron chi connectivity index (χ1n) is 7.23. The second-order valence-corrected chi connectivity index (χ2v) is 5.57. The van der Waals surface area contributed by atoms with Crippen LogP contribution in [0, 0.1) is 11.3 Å². The third-order valence-electron chi connectivity index (χ3n) is 3.46. The second kappa shape index (κ2) is 6.99. The van der Waals surface area contributed by atoms with Gasteiger partial charge in [-0.3, -0.25) is 4.79 Å². The summed E-state index contributed by atoms with van der Waals surface area (Å²) in [4.78, 5) is 16.4. The van der Waals surface area contributed by atoms with E-state index >= 15 is 0 Å². The SMILES string of the molecule is N#Cc1c(NC(=O)c2cccc(Cl)c2)ncn1Cc1ccccc1. The molecule has 6 heteroatoms. The van der Waals surface area contributed by atoms with E-state index in [1.165, 1.54) is 0 Å². The van der Waals surface area contributed by atoms with Gasteiger partial charge < -0.3 is 9.88 Å². The molecule has 0 unspecified atom stereocenters. The maximum absolute atomic E-state index is 12.3. The number of nitrogens with zero attached hydrogens (tertiary/aromatic N) is 3. The third kappa shape index (κ3) is 3.45. The van der Waals surface area contributed by atoms with Crippen molar-refractivity contribution in [2.24, 2.45) is 0 Å². The first-order chi connectivity index (χ1) is 11.7. The molecule has 1 N–H and O–H groups in total. The van der Waals surface area contributed by atoms with Gasteiger partial charge in [0.15, 0.2) is 11.5 Å². The molecule has 0 aliphatic rings. The average molecular weight is 337 g/mol. The van der Waals surface area contributed by atoms with Crippen molar-refractivity contribution in [3.63, 3.8) is 0 Å². The second-order valence-electron chi connectivity index (χ2n) is 5.13. The normalized spacial score (nSPS) is 10.2. The molecule has 0 atom stereocenters. The van der Waals surface area contributed by atoms with Crippen molar-refractivity contribution in [3.8, 4) is 6.07 Å². The summed E-state index contributed by atoms with van der Waals surface area (Å²) in [5.74, 6) is -0.127. The van der Waals surface area contributed by atoms with Crippen LogP contribution in [0.3, 0.4) is 0 Å².